The molecule has 0 aliphatic heterocycles. The van der Waals surface area contributed by atoms with Crippen LogP contribution in [0.2, 0.25) is 5.02 Å². The van der Waals surface area contributed by atoms with Gasteiger partial charge in [-0.15, -0.1) is 0 Å². The van der Waals surface area contributed by atoms with Crippen molar-refractivity contribution >= 4 is 17.3 Å². The average molecular weight is 196 g/mol. The normalized spacial score (nSPS) is 18.3. The van der Waals surface area contributed by atoms with Crippen molar-refractivity contribution in [3.63, 3.8) is 0 Å². The molecule has 70 valence electrons. The van der Waals surface area contributed by atoms with Crippen molar-refractivity contribution in [1.82, 2.24) is 0 Å². The highest BCUT2D eigenvalue weighted by molar-refractivity contribution is 6.30. The van der Waals surface area contributed by atoms with Crippen LogP contribution in [0, 0.1) is 5.92 Å². The van der Waals surface area contributed by atoms with Crippen LogP contribution in [0.15, 0.2) is 24.3 Å². The molecule has 0 amide bonds. The Bertz CT molecular complexity index is 277. The van der Waals surface area contributed by atoms with Gasteiger partial charge in [-0.1, -0.05) is 11.6 Å². The summed E-state index contributed by atoms with van der Waals surface area (Å²) in [5, 5.41) is 4.27. The topological polar surface area (TPSA) is 12.0 Å². The molecule has 0 aromatic heterocycles. The molecular weight excluding hydrogens is 182 g/mol. The van der Waals surface area contributed by atoms with Gasteiger partial charge in [-0.2, -0.15) is 0 Å². The first-order valence-corrected chi connectivity index (χ1v) is 5.15. The van der Waals surface area contributed by atoms with Gasteiger partial charge in [0.15, 0.2) is 0 Å². The van der Waals surface area contributed by atoms with Crippen LogP contribution in [0.3, 0.4) is 0 Å². The van der Waals surface area contributed by atoms with E-state index >= 15 is 0 Å². The molecule has 1 atom stereocenters. The van der Waals surface area contributed by atoms with Crippen molar-refractivity contribution in [2.24, 2.45) is 5.92 Å². The van der Waals surface area contributed by atoms with Gasteiger partial charge in [0.25, 0.3) is 0 Å². The molecule has 0 spiro atoms. The molecule has 1 N–H and O–H groups in total. The lowest BCUT2D eigenvalue weighted by atomic mass is 10.2. The zero-order valence-corrected chi connectivity index (χ0v) is 8.51. The molecule has 1 fully saturated rings. The first-order chi connectivity index (χ1) is 6.25. The van der Waals surface area contributed by atoms with Crippen LogP contribution in [-0.4, -0.2) is 6.04 Å². The van der Waals surface area contributed by atoms with Gasteiger partial charge in [-0.25, -0.2) is 0 Å². The van der Waals surface area contributed by atoms with Crippen molar-refractivity contribution in [3.8, 4) is 0 Å². The van der Waals surface area contributed by atoms with Crippen LogP contribution in [-0.2, 0) is 0 Å². The minimum atomic E-state index is 0.598. The Labute approximate surface area is 84.1 Å². The maximum Gasteiger partial charge on any atom is 0.0407 e. The molecule has 1 aromatic carbocycles. The van der Waals surface area contributed by atoms with Gasteiger partial charge < -0.3 is 5.32 Å². The molecule has 0 saturated heterocycles. The quantitative estimate of drug-likeness (QED) is 0.778. The van der Waals surface area contributed by atoms with Crippen LogP contribution < -0.4 is 5.32 Å². The summed E-state index contributed by atoms with van der Waals surface area (Å²) < 4.78 is 0. The third kappa shape index (κ3) is 2.38. The Kier molecular flexibility index (Phi) is 2.45. The van der Waals surface area contributed by atoms with Gasteiger partial charge in [-0.3, -0.25) is 0 Å². The minimum Gasteiger partial charge on any atom is -0.382 e. The SMILES string of the molecule is C[C@@H](Nc1ccc(Cl)cc1)C1CC1. The van der Waals surface area contributed by atoms with E-state index in [1.54, 1.807) is 0 Å². The van der Waals surface area contributed by atoms with Gasteiger partial charge in [0.1, 0.15) is 0 Å². The monoisotopic (exact) mass is 195 g/mol. The van der Waals surface area contributed by atoms with Crippen molar-refractivity contribution in [3.05, 3.63) is 29.3 Å². The Hall–Kier alpha value is -0.690. The number of nitrogens with one attached hydrogen (secondary N) is 1. The summed E-state index contributed by atoms with van der Waals surface area (Å²) in [6.45, 7) is 2.24. The molecule has 0 unspecified atom stereocenters. The van der Waals surface area contributed by atoms with Gasteiger partial charge >= 0.3 is 0 Å². The lowest BCUT2D eigenvalue weighted by molar-refractivity contribution is 0.694. The first kappa shape index (κ1) is 8.89. The standard InChI is InChI=1S/C11H14ClN/c1-8(9-2-3-9)13-11-6-4-10(12)5-7-11/h4-9,13H,2-3H2,1H3/t8-/m1/s1. The van der Waals surface area contributed by atoms with E-state index in [2.05, 4.69) is 12.2 Å². The maximum absolute atomic E-state index is 5.80. The summed E-state index contributed by atoms with van der Waals surface area (Å²) in [7, 11) is 0. The van der Waals surface area contributed by atoms with Gasteiger partial charge in [0.2, 0.25) is 0 Å². The number of rotatable bonds is 3. The van der Waals surface area contributed by atoms with E-state index in [0.29, 0.717) is 6.04 Å². The van der Waals surface area contributed by atoms with Crippen molar-refractivity contribution in [2.75, 3.05) is 5.32 Å². The fourth-order valence-corrected chi connectivity index (χ4v) is 1.65. The summed E-state index contributed by atoms with van der Waals surface area (Å²) in [5.41, 5.74) is 1.17. The summed E-state index contributed by atoms with van der Waals surface area (Å²) in [6, 6.07) is 8.50. The van der Waals surface area contributed by atoms with E-state index in [0.717, 1.165) is 10.9 Å². The molecule has 13 heavy (non-hydrogen) atoms. The van der Waals surface area contributed by atoms with Gasteiger partial charge in [-0.05, 0) is 49.9 Å². The largest absolute Gasteiger partial charge is 0.382 e. The third-order valence-corrected chi connectivity index (χ3v) is 2.82. The molecule has 1 aromatic rings. The molecule has 1 nitrogen and oxygen atoms in total. The van der Waals surface area contributed by atoms with E-state index in [1.807, 2.05) is 24.3 Å². The molecule has 2 rings (SSSR count). The zero-order valence-electron chi connectivity index (χ0n) is 7.76. The Morgan fingerprint density at radius 1 is 1.31 bits per heavy atom. The van der Waals surface area contributed by atoms with E-state index in [9.17, 15) is 0 Å². The van der Waals surface area contributed by atoms with E-state index < -0.39 is 0 Å². The van der Waals surface area contributed by atoms with Crippen LogP contribution >= 0.6 is 11.6 Å². The highest BCUT2D eigenvalue weighted by Crippen LogP contribution is 2.33. The molecule has 0 bridgehead atoms. The summed E-state index contributed by atoms with van der Waals surface area (Å²) in [5.74, 6) is 0.885. The molecule has 1 saturated carbocycles. The lowest BCUT2D eigenvalue weighted by Crippen LogP contribution is -2.16. The second-order valence-electron chi connectivity index (χ2n) is 3.78. The number of benzene rings is 1. The number of hydrogen-bond acceptors (Lipinski definition) is 1. The number of hydrogen-bond donors (Lipinski definition) is 1. The molecule has 0 radical (unpaired) electrons. The molecule has 2 heteroatoms. The predicted octanol–water partition coefficient (Wildman–Crippen LogP) is 3.55. The maximum atomic E-state index is 5.80. The molecule has 1 aliphatic rings. The van der Waals surface area contributed by atoms with Gasteiger partial charge in [0.05, 0.1) is 0 Å². The van der Waals surface area contributed by atoms with E-state index in [4.69, 9.17) is 11.6 Å². The minimum absolute atomic E-state index is 0.598. The predicted molar refractivity (Wildman–Crippen MR) is 57.3 cm³/mol. The van der Waals surface area contributed by atoms with Crippen LogP contribution in [0.4, 0.5) is 5.69 Å². The summed E-state index contributed by atoms with van der Waals surface area (Å²) in [6.07, 6.45) is 2.75. The smallest absolute Gasteiger partial charge is 0.0407 e. The van der Waals surface area contributed by atoms with Crippen molar-refractivity contribution in [2.45, 2.75) is 25.8 Å². The number of anilines is 1. The summed E-state index contributed by atoms with van der Waals surface area (Å²) >= 11 is 5.80. The molecule has 0 heterocycles. The van der Waals surface area contributed by atoms with Crippen LogP contribution in [0.1, 0.15) is 19.8 Å². The highest BCUT2D eigenvalue weighted by Gasteiger charge is 2.27. The lowest BCUT2D eigenvalue weighted by Gasteiger charge is -2.13. The molecular formula is C11H14ClN. The Morgan fingerprint density at radius 3 is 2.46 bits per heavy atom. The van der Waals surface area contributed by atoms with E-state index in [1.165, 1.54) is 18.5 Å². The van der Waals surface area contributed by atoms with Gasteiger partial charge in [0, 0.05) is 16.8 Å². The van der Waals surface area contributed by atoms with Crippen molar-refractivity contribution in [1.29, 1.82) is 0 Å². The van der Waals surface area contributed by atoms with Crippen molar-refractivity contribution < 1.29 is 0 Å². The fraction of sp³-hybridized carbons (Fsp3) is 0.455. The average Bonchev–Trinajstić information content (AvgIpc) is 2.91. The zero-order chi connectivity index (χ0) is 9.26. The molecule has 1 aliphatic carbocycles. The highest BCUT2D eigenvalue weighted by atomic mass is 35.5. The Balaban J connectivity index is 1.96. The van der Waals surface area contributed by atoms with E-state index in [-0.39, 0.29) is 0 Å². The second-order valence-corrected chi connectivity index (χ2v) is 4.21. The summed E-state index contributed by atoms with van der Waals surface area (Å²) in [4.78, 5) is 0. The van der Waals surface area contributed by atoms with Crippen LogP contribution in [0.25, 0.3) is 0 Å². The van der Waals surface area contributed by atoms with Crippen LogP contribution in [0.5, 0.6) is 0 Å². The fourth-order valence-electron chi connectivity index (χ4n) is 1.52. The first-order valence-electron chi connectivity index (χ1n) is 4.78. The number of halogens is 1. The third-order valence-electron chi connectivity index (χ3n) is 2.57. The Morgan fingerprint density at radius 2 is 1.92 bits per heavy atom. The second kappa shape index (κ2) is 3.59.